The van der Waals surface area contributed by atoms with E-state index in [-0.39, 0.29) is 11.7 Å². The lowest BCUT2D eigenvalue weighted by molar-refractivity contribution is -0.129. The molecule has 0 aliphatic carbocycles. The number of halogens is 1. The van der Waals surface area contributed by atoms with E-state index in [2.05, 4.69) is 15.6 Å². The van der Waals surface area contributed by atoms with Crippen LogP contribution in [0.3, 0.4) is 0 Å². The van der Waals surface area contributed by atoms with Crippen molar-refractivity contribution in [2.45, 2.75) is 19.0 Å². The third-order valence-corrected chi connectivity index (χ3v) is 3.81. The summed E-state index contributed by atoms with van der Waals surface area (Å²) >= 11 is 0. The summed E-state index contributed by atoms with van der Waals surface area (Å²) in [5.41, 5.74) is 1.41. The standard InChI is InChI=1S/C17H17FN4O2/c18-13-5-3-12(4-6-13)11-22-9-7-15(16(22)23)21-17(24)20-14-2-1-8-19-10-14/h1-6,8,10,15H,7,9,11H2,(H2,20,21,24). The van der Waals surface area contributed by atoms with Crippen molar-refractivity contribution >= 4 is 17.6 Å². The second kappa shape index (κ2) is 7.08. The van der Waals surface area contributed by atoms with Crippen molar-refractivity contribution in [1.82, 2.24) is 15.2 Å². The first-order valence-electron chi connectivity index (χ1n) is 7.62. The third-order valence-electron chi connectivity index (χ3n) is 3.81. The first-order valence-corrected chi connectivity index (χ1v) is 7.62. The van der Waals surface area contributed by atoms with E-state index in [0.29, 0.717) is 25.2 Å². The Morgan fingerprint density at radius 1 is 1.29 bits per heavy atom. The van der Waals surface area contributed by atoms with Gasteiger partial charge in [-0.25, -0.2) is 9.18 Å². The molecule has 1 saturated heterocycles. The van der Waals surface area contributed by atoms with Crippen LogP contribution in [-0.2, 0) is 11.3 Å². The summed E-state index contributed by atoms with van der Waals surface area (Å²) in [6, 6.07) is 8.47. The van der Waals surface area contributed by atoms with E-state index in [0.717, 1.165) is 5.56 Å². The van der Waals surface area contributed by atoms with Gasteiger partial charge in [0.1, 0.15) is 11.9 Å². The van der Waals surface area contributed by atoms with Crippen LogP contribution >= 0.6 is 0 Å². The first-order chi connectivity index (χ1) is 11.6. The molecule has 1 fully saturated rings. The summed E-state index contributed by atoms with van der Waals surface area (Å²) in [5.74, 6) is -0.446. The van der Waals surface area contributed by atoms with Gasteiger partial charge in [-0.3, -0.25) is 9.78 Å². The second-order valence-electron chi connectivity index (χ2n) is 5.57. The second-order valence-corrected chi connectivity index (χ2v) is 5.57. The number of amides is 3. The van der Waals surface area contributed by atoms with Crippen LogP contribution in [0.5, 0.6) is 0 Å². The summed E-state index contributed by atoms with van der Waals surface area (Å²) in [4.78, 5) is 29.9. The molecule has 1 aromatic carbocycles. The lowest BCUT2D eigenvalue weighted by Gasteiger charge is -2.17. The number of nitrogens with zero attached hydrogens (tertiary/aromatic N) is 2. The Morgan fingerprint density at radius 2 is 2.08 bits per heavy atom. The van der Waals surface area contributed by atoms with Crippen LogP contribution in [0.1, 0.15) is 12.0 Å². The van der Waals surface area contributed by atoms with Gasteiger partial charge in [0, 0.05) is 19.3 Å². The molecule has 7 heteroatoms. The maximum absolute atomic E-state index is 12.9. The monoisotopic (exact) mass is 328 g/mol. The Bertz CT molecular complexity index is 721. The van der Waals surface area contributed by atoms with Gasteiger partial charge in [0.25, 0.3) is 0 Å². The quantitative estimate of drug-likeness (QED) is 0.903. The maximum Gasteiger partial charge on any atom is 0.319 e. The average Bonchev–Trinajstić information content (AvgIpc) is 2.91. The highest BCUT2D eigenvalue weighted by atomic mass is 19.1. The van der Waals surface area contributed by atoms with Gasteiger partial charge in [-0.15, -0.1) is 0 Å². The molecule has 1 aliphatic heterocycles. The number of hydrogen-bond donors (Lipinski definition) is 2. The van der Waals surface area contributed by atoms with Gasteiger partial charge in [-0.1, -0.05) is 12.1 Å². The molecule has 1 aromatic heterocycles. The Morgan fingerprint density at radius 3 is 2.79 bits per heavy atom. The van der Waals surface area contributed by atoms with Crippen molar-refractivity contribution in [3.8, 4) is 0 Å². The molecule has 2 N–H and O–H groups in total. The SMILES string of the molecule is O=C(Nc1cccnc1)NC1CCN(Cc2ccc(F)cc2)C1=O. The van der Waals surface area contributed by atoms with Gasteiger partial charge < -0.3 is 15.5 Å². The predicted molar refractivity (Wildman–Crippen MR) is 86.6 cm³/mol. The number of urea groups is 1. The highest BCUT2D eigenvalue weighted by Crippen LogP contribution is 2.16. The maximum atomic E-state index is 12.9. The molecule has 0 spiro atoms. The van der Waals surface area contributed by atoms with Crippen molar-refractivity contribution < 1.29 is 14.0 Å². The van der Waals surface area contributed by atoms with Crippen molar-refractivity contribution in [2.75, 3.05) is 11.9 Å². The average molecular weight is 328 g/mol. The third kappa shape index (κ3) is 3.87. The molecule has 1 aliphatic rings. The normalized spacial score (nSPS) is 17.0. The topological polar surface area (TPSA) is 74.3 Å². The van der Waals surface area contributed by atoms with Crippen LogP contribution in [0.25, 0.3) is 0 Å². The van der Waals surface area contributed by atoms with Crippen molar-refractivity contribution in [3.05, 3.63) is 60.2 Å². The fraction of sp³-hybridized carbons (Fsp3) is 0.235. The fourth-order valence-electron chi connectivity index (χ4n) is 2.60. The molecular formula is C17H17FN4O2. The number of rotatable bonds is 4. The fourth-order valence-corrected chi connectivity index (χ4v) is 2.60. The highest BCUT2D eigenvalue weighted by Gasteiger charge is 2.32. The summed E-state index contributed by atoms with van der Waals surface area (Å²) < 4.78 is 12.9. The minimum atomic E-state index is -0.554. The zero-order valence-electron chi connectivity index (χ0n) is 12.9. The lowest BCUT2D eigenvalue weighted by atomic mass is 10.2. The Kier molecular flexibility index (Phi) is 4.69. The molecule has 2 heterocycles. The summed E-state index contributed by atoms with van der Waals surface area (Å²) in [7, 11) is 0. The smallest absolute Gasteiger partial charge is 0.319 e. The minimum absolute atomic E-state index is 0.138. The van der Waals surface area contributed by atoms with Crippen molar-refractivity contribution in [2.24, 2.45) is 0 Å². The summed E-state index contributed by atoms with van der Waals surface area (Å²) in [6.07, 6.45) is 3.67. The summed E-state index contributed by atoms with van der Waals surface area (Å²) in [5, 5.41) is 5.31. The van der Waals surface area contributed by atoms with Crippen LogP contribution in [0.4, 0.5) is 14.9 Å². The van der Waals surface area contributed by atoms with E-state index < -0.39 is 12.1 Å². The van der Waals surface area contributed by atoms with Gasteiger partial charge in [0.05, 0.1) is 11.9 Å². The molecule has 1 unspecified atom stereocenters. The largest absolute Gasteiger partial charge is 0.336 e. The van der Waals surface area contributed by atoms with Gasteiger partial charge in [0.15, 0.2) is 0 Å². The van der Waals surface area contributed by atoms with E-state index in [4.69, 9.17) is 0 Å². The Balaban J connectivity index is 1.54. The van der Waals surface area contributed by atoms with Crippen LogP contribution in [0, 0.1) is 5.82 Å². The van der Waals surface area contributed by atoms with Gasteiger partial charge >= 0.3 is 6.03 Å². The van der Waals surface area contributed by atoms with Crippen LogP contribution < -0.4 is 10.6 Å². The zero-order chi connectivity index (χ0) is 16.9. The Labute approximate surface area is 138 Å². The number of anilines is 1. The number of nitrogens with one attached hydrogen (secondary N) is 2. The van der Waals surface area contributed by atoms with Crippen molar-refractivity contribution in [3.63, 3.8) is 0 Å². The van der Waals surface area contributed by atoms with E-state index in [1.807, 2.05) is 0 Å². The lowest BCUT2D eigenvalue weighted by Crippen LogP contribution is -2.43. The van der Waals surface area contributed by atoms with E-state index in [1.165, 1.54) is 18.3 Å². The Hall–Kier alpha value is -2.96. The zero-order valence-corrected chi connectivity index (χ0v) is 12.9. The van der Waals surface area contributed by atoms with Crippen LogP contribution in [0.2, 0.25) is 0 Å². The number of aromatic nitrogens is 1. The van der Waals surface area contributed by atoms with Crippen LogP contribution in [0.15, 0.2) is 48.8 Å². The molecular weight excluding hydrogens is 311 g/mol. The molecule has 0 bridgehead atoms. The number of pyridine rings is 1. The summed E-state index contributed by atoms with van der Waals surface area (Å²) in [6.45, 7) is 0.954. The van der Waals surface area contributed by atoms with Gasteiger partial charge in [-0.05, 0) is 36.2 Å². The number of carbonyl (C=O) groups excluding carboxylic acids is 2. The molecule has 124 valence electrons. The van der Waals surface area contributed by atoms with E-state index in [1.54, 1.807) is 35.4 Å². The van der Waals surface area contributed by atoms with Gasteiger partial charge in [-0.2, -0.15) is 0 Å². The van der Waals surface area contributed by atoms with Crippen molar-refractivity contribution in [1.29, 1.82) is 0 Å². The number of hydrogen-bond acceptors (Lipinski definition) is 3. The van der Waals surface area contributed by atoms with Gasteiger partial charge in [0.2, 0.25) is 5.91 Å². The molecule has 0 saturated carbocycles. The molecule has 1 atom stereocenters. The molecule has 6 nitrogen and oxygen atoms in total. The number of benzene rings is 1. The molecule has 0 radical (unpaired) electrons. The molecule has 24 heavy (non-hydrogen) atoms. The molecule has 2 aromatic rings. The van der Waals surface area contributed by atoms with Crippen LogP contribution in [-0.4, -0.2) is 34.4 Å². The number of likely N-dealkylation sites (tertiary alicyclic amines) is 1. The highest BCUT2D eigenvalue weighted by molar-refractivity contribution is 5.94. The minimum Gasteiger partial charge on any atom is -0.336 e. The first kappa shape index (κ1) is 15.9. The molecule has 3 amide bonds. The van der Waals surface area contributed by atoms with E-state index >= 15 is 0 Å². The number of carbonyl (C=O) groups is 2. The predicted octanol–water partition coefficient (Wildman–Crippen LogP) is 2.14. The van der Waals surface area contributed by atoms with E-state index in [9.17, 15) is 14.0 Å². The molecule has 3 rings (SSSR count).